The second-order valence-corrected chi connectivity index (χ2v) is 7.23. The van der Waals surface area contributed by atoms with Crippen LogP contribution in [0.15, 0.2) is 30.7 Å². The third-order valence-corrected chi connectivity index (χ3v) is 4.48. The molecule has 0 saturated carbocycles. The maximum atomic E-state index is 12.4. The van der Waals surface area contributed by atoms with Crippen molar-refractivity contribution in [3.8, 4) is 5.88 Å². The van der Waals surface area contributed by atoms with Crippen LogP contribution in [-0.4, -0.2) is 69.9 Å². The molecule has 0 spiro atoms. The zero-order valence-corrected chi connectivity index (χ0v) is 17.9. The molecule has 0 bridgehead atoms. The molecule has 0 saturated heterocycles. The first-order valence-electron chi connectivity index (χ1n) is 10.2. The van der Waals surface area contributed by atoms with Crippen molar-refractivity contribution in [2.24, 2.45) is 0 Å². The van der Waals surface area contributed by atoms with Crippen LogP contribution in [0.3, 0.4) is 0 Å². The molecular weight excluding hydrogens is 443 g/mol. The van der Waals surface area contributed by atoms with Gasteiger partial charge in [-0.05, 0) is 31.0 Å². The predicted octanol–water partition coefficient (Wildman–Crippen LogP) is 2.25. The highest BCUT2D eigenvalue weighted by Gasteiger charge is 2.27. The maximum Gasteiger partial charge on any atom is 0.411 e. The van der Waals surface area contributed by atoms with Crippen LogP contribution in [0.5, 0.6) is 5.88 Å². The van der Waals surface area contributed by atoms with Gasteiger partial charge in [-0.1, -0.05) is 0 Å². The van der Waals surface area contributed by atoms with Crippen LogP contribution < -0.4 is 10.1 Å². The van der Waals surface area contributed by atoms with Gasteiger partial charge in [-0.3, -0.25) is 14.5 Å². The van der Waals surface area contributed by atoms with E-state index in [-0.39, 0.29) is 31.4 Å². The van der Waals surface area contributed by atoms with Crippen molar-refractivity contribution in [3.05, 3.63) is 47.5 Å². The number of nitrogens with zero attached hydrogens (tertiary/aromatic N) is 4. The smallest absolute Gasteiger partial charge is 0.411 e. The topological polar surface area (TPSA) is 111 Å². The van der Waals surface area contributed by atoms with Gasteiger partial charge in [-0.15, -0.1) is 0 Å². The van der Waals surface area contributed by atoms with E-state index >= 15 is 0 Å². The molecule has 9 nitrogen and oxygen atoms in total. The van der Waals surface area contributed by atoms with Crippen LogP contribution in [0, 0.1) is 6.92 Å². The molecule has 3 aromatic rings. The molecule has 0 unspecified atom stereocenters. The molecule has 2 N–H and O–H groups in total. The Morgan fingerprint density at radius 3 is 2.82 bits per heavy atom. The summed E-state index contributed by atoms with van der Waals surface area (Å²) >= 11 is 0. The molecule has 0 radical (unpaired) electrons. The van der Waals surface area contributed by atoms with Crippen LogP contribution in [0.25, 0.3) is 10.9 Å². The Labute approximate surface area is 187 Å². The van der Waals surface area contributed by atoms with E-state index in [0.717, 1.165) is 5.56 Å². The first-order valence-corrected chi connectivity index (χ1v) is 10.2. The maximum absolute atomic E-state index is 12.4. The summed E-state index contributed by atoms with van der Waals surface area (Å²) in [6, 6.07) is 3.55. The molecule has 0 atom stereocenters. The highest BCUT2D eigenvalue weighted by Crippen LogP contribution is 2.19. The number of aromatic nitrogens is 4. The first-order chi connectivity index (χ1) is 15.8. The van der Waals surface area contributed by atoms with Crippen molar-refractivity contribution in [1.82, 2.24) is 25.1 Å². The van der Waals surface area contributed by atoms with Crippen molar-refractivity contribution in [3.63, 3.8) is 0 Å². The lowest BCUT2D eigenvalue weighted by atomic mass is 10.2. The number of aliphatic hydroxyl groups is 1. The second-order valence-electron chi connectivity index (χ2n) is 7.23. The molecule has 0 fully saturated rings. The average molecular weight is 467 g/mol. The number of alkyl halides is 3. The minimum absolute atomic E-state index is 0.0149. The van der Waals surface area contributed by atoms with Crippen molar-refractivity contribution in [2.75, 3.05) is 33.0 Å². The molecule has 3 heterocycles. The van der Waals surface area contributed by atoms with Crippen LogP contribution in [0.1, 0.15) is 28.0 Å². The van der Waals surface area contributed by atoms with Crippen molar-refractivity contribution < 1.29 is 32.5 Å². The summed E-state index contributed by atoms with van der Waals surface area (Å²) in [5.41, 5.74) is 2.40. The standard InChI is InChI=1S/C21H24F3N5O4/c1-14-9-15(10-27-20(14)33-8-7-32-13-21(22,23)24)11-29-12-16-17(28-29)3-5-25-18(16)19(31)26-4-2-6-30/h3,5,9-10,12,30H,2,4,6-8,11,13H2,1H3,(H,26,31). The molecule has 3 rings (SSSR count). The van der Waals surface area contributed by atoms with Gasteiger partial charge in [-0.25, -0.2) is 4.98 Å². The monoisotopic (exact) mass is 467 g/mol. The Morgan fingerprint density at radius 2 is 2.09 bits per heavy atom. The number of halogens is 3. The molecule has 0 aliphatic rings. The van der Waals surface area contributed by atoms with E-state index in [1.54, 1.807) is 30.1 Å². The van der Waals surface area contributed by atoms with Gasteiger partial charge in [0.2, 0.25) is 5.88 Å². The number of aryl methyl sites for hydroxylation is 1. The number of hydrogen-bond donors (Lipinski definition) is 2. The molecule has 1 amide bonds. The van der Waals surface area contributed by atoms with E-state index in [9.17, 15) is 18.0 Å². The highest BCUT2D eigenvalue weighted by molar-refractivity contribution is 6.04. The third kappa shape index (κ3) is 7.12. The van der Waals surface area contributed by atoms with Gasteiger partial charge < -0.3 is 19.9 Å². The number of rotatable bonds is 11. The van der Waals surface area contributed by atoms with Gasteiger partial charge in [0.1, 0.15) is 18.9 Å². The summed E-state index contributed by atoms with van der Waals surface area (Å²) in [4.78, 5) is 20.8. The van der Waals surface area contributed by atoms with Gasteiger partial charge in [0.25, 0.3) is 5.91 Å². The van der Waals surface area contributed by atoms with Gasteiger partial charge in [-0.2, -0.15) is 18.3 Å². The van der Waals surface area contributed by atoms with Gasteiger partial charge in [0.05, 0.1) is 24.1 Å². The highest BCUT2D eigenvalue weighted by atomic mass is 19.4. The Balaban J connectivity index is 1.62. The van der Waals surface area contributed by atoms with Crippen molar-refractivity contribution >= 4 is 16.8 Å². The third-order valence-electron chi connectivity index (χ3n) is 4.48. The van der Waals surface area contributed by atoms with Gasteiger partial charge in [0, 0.05) is 37.3 Å². The van der Waals surface area contributed by atoms with Crippen molar-refractivity contribution in [2.45, 2.75) is 26.1 Å². The fraction of sp³-hybridized carbons (Fsp3) is 0.429. The number of pyridine rings is 2. The van der Waals surface area contributed by atoms with E-state index in [0.29, 0.717) is 41.9 Å². The quantitative estimate of drug-likeness (QED) is 0.416. The lowest BCUT2D eigenvalue weighted by Crippen LogP contribution is -2.26. The van der Waals surface area contributed by atoms with E-state index in [2.05, 4.69) is 25.1 Å². The van der Waals surface area contributed by atoms with Crippen molar-refractivity contribution in [1.29, 1.82) is 0 Å². The molecule has 178 valence electrons. The second kappa shape index (κ2) is 11.1. The summed E-state index contributed by atoms with van der Waals surface area (Å²) < 4.78 is 47.8. The van der Waals surface area contributed by atoms with E-state index < -0.39 is 12.8 Å². The minimum atomic E-state index is -4.37. The van der Waals surface area contributed by atoms with Gasteiger partial charge in [0.15, 0.2) is 0 Å². The Hall–Kier alpha value is -3.25. The zero-order chi connectivity index (χ0) is 23.8. The SMILES string of the molecule is Cc1cc(Cn2cc3c(C(=O)NCCCO)nccc3n2)cnc1OCCOCC(F)(F)F. The number of amides is 1. The Bertz CT molecular complexity index is 1090. The summed E-state index contributed by atoms with van der Waals surface area (Å²) in [5, 5.41) is 16.6. The number of carbonyl (C=O) groups is 1. The summed E-state index contributed by atoms with van der Waals surface area (Å²) in [7, 11) is 0. The lowest BCUT2D eigenvalue weighted by molar-refractivity contribution is -0.175. The number of ether oxygens (including phenoxy) is 2. The van der Waals surface area contributed by atoms with Crippen LogP contribution in [-0.2, 0) is 11.3 Å². The summed E-state index contributed by atoms with van der Waals surface area (Å²) in [6.07, 6.45) is 0.908. The Kier molecular flexibility index (Phi) is 8.17. The van der Waals surface area contributed by atoms with Gasteiger partial charge >= 0.3 is 6.18 Å². The average Bonchev–Trinajstić information content (AvgIpc) is 3.16. The Morgan fingerprint density at radius 1 is 1.27 bits per heavy atom. The van der Waals surface area contributed by atoms with Crippen LogP contribution in [0.4, 0.5) is 13.2 Å². The molecule has 12 heteroatoms. The number of aliphatic hydroxyl groups excluding tert-OH is 1. The van der Waals surface area contributed by atoms with E-state index in [1.807, 2.05) is 6.07 Å². The number of fused-ring (bicyclic) bond motifs is 1. The van der Waals surface area contributed by atoms with E-state index in [1.165, 1.54) is 6.20 Å². The molecule has 0 aromatic carbocycles. The number of carbonyl (C=O) groups excluding carboxylic acids is 1. The summed E-state index contributed by atoms with van der Waals surface area (Å²) in [5.74, 6) is -0.0298. The predicted molar refractivity (Wildman–Crippen MR) is 112 cm³/mol. The fourth-order valence-corrected chi connectivity index (χ4v) is 3.05. The molecule has 3 aromatic heterocycles. The molecule has 33 heavy (non-hydrogen) atoms. The zero-order valence-electron chi connectivity index (χ0n) is 17.9. The number of nitrogens with one attached hydrogen (secondary N) is 1. The van der Waals surface area contributed by atoms with Crippen LogP contribution in [0.2, 0.25) is 0 Å². The molecule has 0 aliphatic heterocycles. The normalized spacial score (nSPS) is 11.7. The van der Waals surface area contributed by atoms with Crippen LogP contribution >= 0.6 is 0 Å². The summed E-state index contributed by atoms with van der Waals surface area (Å²) in [6.45, 7) is 0.912. The minimum Gasteiger partial charge on any atom is -0.475 e. The number of hydrogen-bond acceptors (Lipinski definition) is 7. The lowest BCUT2D eigenvalue weighted by Gasteiger charge is -2.11. The molecule has 0 aliphatic carbocycles. The fourth-order valence-electron chi connectivity index (χ4n) is 3.05. The molecular formula is C21H24F3N5O4. The first kappa shape index (κ1) is 24.4. The largest absolute Gasteiger partial charge is 0.475 e. The van der Waals surface area contributed by atoms with E-state index in [4.69, 9.17) is 9.84 Å².